The van der Waals surface area contributed by atoms with E-state index in [4.69, 9.17) is 0 Å². The van der Waals surface area contributed by atoms with Crippen molar-refractivity contribution in [1.82, 2.24) is 4.90 Å². The molecule has 1 aliphatic heterocycles. The minimum Gasteiger partial charge on any atom is -0.508 e. The van der Waals surface area contributed by atoms with Crippen molar-refractivity contribution in [2.24, 2.45) is 17.8 Å². The van der Waals surface area contributed by atoms with E-state index in [1.165, 1.54) is 24.8 Å². The van der Waals surface area contributed by atoms with E-state index in [9.17, 15) is 9.90 Å². The van der Waals surface area contributed by atoms with Gasteiger partial charge >= 0.3 is 0 Å². The van der Waals surface area contributed by atoms with Crippen molar-refractivity contribution in [2.75, 3.05) is 19.6 Å². The first-order valence-electron chi connectivity index (χ1n) is 9.26. The first-order chi connectivity index (χ1) is 12.2. The number of benzene rings is 2. The number of phenolic OH excluding ortho intramolecular Hbond substituents is 1. The summed E-state index contributed by atoms with van der Waals surface area (Å²) in [5.41, 5.74) is 2.14. The van der Waals surface area contributed by atoms with E-state index in [0.717, 1.165) is 30.8 Å². The summed E-state index contributed by atoms with van der Waals surface area (Å²) in [6.07, 6.45) is 3.78. The second kappa shape index (κ2) is 7.01. The van der Waals surface area contributed by atoms with Gasteiger partial charge in [0.25, 0.3) is 0 Å². The second-order valence-electron chi connectivity index (χ2n) is 7.71. The van der Waals surface area contributed by atoms with Gasteiger partial charge in [-0.2, -0.15) is 0 Å². The lowest BCUT2D eigenvalue weighted by atomic mass is 9.96. The maximum Gasteiger partial charge on any atom is 0.176 e. The first kappa shape index (κ1) is 16.3. The van der Waals surface area contributed by atoms with Crippen molar-refractivity contribution in [2.45, 2.75) is 19.3 Å². The molecule has 1 aliphatic carbocycles. The smallest absolute Gasteiger partial charge is 0.176 e. The van der Waals surface area contributed by atoms with Gasteiger partial charge in [0.15, 0.2) is 5.78 Å². The SMILES string of the molecule is O=C(CN1C[C@H]2CC(Cc3ccccc3)C[C@H]2C1)c1ccc(O)cc1. The Balaban J connectivity index is 1.29. The minimum atomic E-state index is 0.154. The molecule has 3 heteroatoms. The van der Waals surface area contributed by atoms with Gasteiger partial charge in [0.2, 0.25) is 0 Å². The number of likely N-dealkylation sites (tertiary alicyclic amines) is 1. The molecule has 3 atom stereocenters. The summed E-state index contributed by atoms with van der Waals surface area (Å²) in [4.78, 5) is 14.7. The van der Waals surface area contributed by atoms with Crippen LogP contribution in [0.25, 0.3) is 0 Å². The van der Waals surface area contributed by atoms with Crippen molar-refractivity contribution in [3.8, 4) is 5.75 Å². The van der Waals surface area contributed by atoms with E-state index >= 15 is 0 Å². The third kappa shape index (κ3) is 3.77. The highest BCUT2D eigenvalue weighted by atomic mass is 16.3. The average molecular weight is 335 g/mol. The molecule has 2 fully saturated rings. The highest BCUT2D eigenvalue weighted by Gasteiger charge is 2.40. The molecule has 1 unspecified atom stereocenters. The molecule has 0 spiro atoms. The number of nitrogens with zero attached hydrogens (tertiary/aromatic N) is 1. The fourth-order valence-electron chi connectivity index (χ4n) is 4.71. The Morgan fingerprint density at radius 3 is 2.24 bits per heavy atom. The van der Waals surface area contributed by atoms with Crippen LogP contribution < -0.4 is 0 Å². The Bertz CT molecular complexity index is 711. The molecule has 2 aliphatic rings. The topological polar surface area (TPSA) is 40.5 Å². The van der Waals surface area contributed by atoms with Crippen LogP contribution in [0, 0.1) is 17.8 Å². The van der Waals surface area contributed by atoms with Gasteiger partial charge in [-0.05, 0) is 66.8 Å². The molecule has 1 saturated heterocycles. The lowest BCUT2D eigenvalue weighted by Crippen LogP contribution is -2.29. The molecular weight excluding hydrogens is 310 g/mol. The number of carbonyl (C=O) groups is 1. The van der Waals surface area contributed by atoms with Crippen LogP contribution in [0.1, 0.15) is 28.8 Å². The summed E-state index contributed by atoms with van der Waals surface area (Å²) in [6, 6.07) is 17.4. The van der Waals surface area contributed by atoms with Gasteiger partial charge in [0, 0.05) is 18.7 Å². The standard InChI is InChI=1S/C22H25NO2/c24-21-8-6-18(7-9-21)22(25)15-23-13-19-11-17(12-20(19)14-23)10-16-4-2-1-3-5-16/h1-9,17,19-20,24H,10-15H2/t17?,19-,20+. The van der Waals surface area contributed by atoms with Gasteiger partial charge in [-0.1, -0.05) is 30.3 Å². The zero-order valence-electron chi connectivity index (χ0n) is 14.5. The predicted molar refractivity (Wildman–Crippen MR) is 98.7 cm³/mol. The molecule has 0 bridgehead atoms. The zero-order chi connectivity index (χ0) is 17.2. The molecule has 1 heterocycles. The molecule has 2 aromatic carbocycles. The predicted octanol–water partition coefficient (Wildman–Crippen LogP) is 3.78. The summed E-state index contributed by atoms with van der Waals surface area (Å²) in [5.74, 6) is 2.66. The van der Waals surface area contributed by atoms with Gasteiger partial charge < -0.3 is 5.11 Å². The number of Topliss-reactive ketones (excluding diaryl/α,β-unsaturated/α-hetero) is 1. The van der Waals surface area contributed by atoms with Crippen molar-refractivity contribution >= 4 is 5.78 Å². The summed E-state index contributed by atoms with van der Waals surface area (Å²) in [6.45, 7) is 2.61. The minimum absolute atomic E-state index is 0.154. The maximum atomic E-state index is 12.4. The molecule has 0 radical (unpaired) electrons. The Morgan fingerprint density at radius 1 is 0.960 bits per heavy atom. The number of hydrogen-bond donors (Lipinski definition) is 1. The van der Waals surface area contributed by atoms with Crippen LogP contribution >= 0.6 is 0 Å². The van der Waals surface area contributed by atoms with E-state index in [-0.39, 0.29) is 11.5 Å². The normalized spacial score (nSPS) is 25.8. The van der Waals surface area contributed by atoms with Gasteiger partial charge in [-0.25, -0.2) is 0 Å². The van der Waals surface area contributed by atoms with E-state index < -0.39 is 0 Å². The Labute approximate surface area is 149 Å². The average Bonchev–Trinajstić information content (AvgIpc) is 3.14. The third-order valence-electron chi connectivity index (χ3n) is 5.85. The largest absolute Gasteiger partial charge is 0.508 e. The molecule has 1 N–H and O–H groups in total. The zero-order valence-corrected chi connectivity index (χ0v) is 14.5. The number of carbonyl (C=O) groups excluding carboxylic acids is 1. The molecule has 0 amide bonds. The van der Waals surface area contributed by atoms with Gasteiger partial charge in [-0.15, -0.1) is 0 Å². The van der Waals surface area contributed by atoms with Crippen LogP contribution in [-0.2, 0) is 6.42 Å². The van der Waals surface area contributed by atoms with E-state index in [1.807, 2.05) is 0 Å². The molecule has 3 nitrogen and oxygen atoms in total. The molecule has 130 valence electrons. The van der Waals surface area contributed by atoms with Crippen LogP contribution in [0.15, 0.2) is 54.6 Å². The molecule has 1 saturated carbocycles. The number of ketones is 1. The maximum absolute atomic E-state index is 12.4. The highest BCUT2D eigenvalue weighted by Crippen LogP contribution is 2.42. The number of rotatable bonds is 5. The highest BCUT2D eigenvalue weighted by molar-refractivity contribution is 5.97. The number of aromatic hydroxyl groups is 1. The lowest BCUT2D eigenvalue weighted by Gasteiger charge is -2.18. The first-order valence-corrected chi connectivity index (χ1v) is 9.26. The van der Waals surface area contributed by atoms with Gasteiger partial charge in [-0.3, -0.25) is 9.69 Å². The monoisotopic (exact) mass is 335 g/mol. The Hall–Kier alpha value is -2.13. The molecule has 4 rings (SSSR count). The summed E-state index contributed by atoms with van der Waals surface area (Å²) < 4.78 is 0. The van der Waals surface area contributed by atoms with Crippen LogP contribution in [0.4, 0.5) is 0 Å². The van der Waals surface area contributed by atoms with Crippen LogP contribution in [-0.4, -0.2) is 35.4 Å². The summed E-state index contributed by atoms with van der Waals surface area (Å²) in [7, 11) is 0. The van der Waals surface area contributed by atoms with Gasteiger partial charge in [0.1, 0.15) is 5.75 Å². The number of hydrogen-bond acceptors (Lipinski definition) is 3. The fourth-order valence-corrected chi connectivity index (χ4v) is 4.71. The lowest BCUT2D eigenvalue weighted by molar-refractivity contribution is 0.0940. The molecular formula is C22H25NO2. The van der Waals surface area contributed by atoms with E-state index in [0.29, 0.717) is 12.1 Å². The Kier molecular flexibility index (Phi) is 4.58. The third-order valence-corrected chi connectivity index (χ3v) is 5.85. The quantitative estimate of drug-likeness (QED) is 0.846. The summed E-state index contributed by atoms with van der Waals surface area (Å²) >= 11 is 0. The van der Waals surface area contributed by atoms with Crippen LogP contribution in [0.2, 0.25) is 0 Å². The van der Waals surface area contributed by atoms with Gasteiger partial charge in [0.05, 0.1) is 6.54 Å². The molecule has 0 aromatic heterocycles. The molecule has 2 aromatic rings. The van der Waals surface area contributed by atoms with Crippen molar-refractivity contribution < 1.29 is 9.90 Å². The van der Waals surface area contributed by atoms with Crippen molar-refractivity contribution in [1.29, 1.82) is 0 Å². The second-order valence-corrected chi connectivity index (χ2v) is 7.71. The molecule has 25 heavy (non-hydrogen) atoms. The fraction of sp³-hybridized carbons (Fsp3) is 0.409. The Morgan fingerprint density at radius 2 is 1.60 bits per heavy atom. The summed E-state index contributed by atoms with van der Waals surface area (Å²) in [5, 5.41) is 9.34. The van der Waals surface area contributed by atoms with Crippen molar-refractivity contribution in [3.05, 3.63) is 65.7 Å². The number of fused-ring (bicyclic) bond motifs is 1. The van der Waals surface area contributed by atoms with Crippen LogP contribution in [0.3, 0.4) is 0 Å². The van der Waals surface area contributed by atoms with Crippen molar-refractivity contribution in [3.63, 3.8) is 0 Å². The van der Waals surface area contributed by atoms with Crippen LogP contribution in [0.5, 0.6) is 5.75 Å². The van der Waals surface area contributed by atoms with E-state index in [1.54, 1.807) is 24.3 Å². The van der Waals surface area contributed by atoms with E-state index in [2.05, 4.69) is 35.2 Å². The number of phenols is 1.